The lowest BCUT2D eigenvalue weighted by molar-refractivity contribution is -0.274. The van der Waals surface area contributed by atoms with Gasteiger partial charge in [-0.05, 0) is 47.5 Å². The molecule has 0 radical (unpaired) electrons. The van der Waals surface area contributed by atoms with E-state index in [9.17, 15) is 30.4 Å². The van der Waals surface area contributed by atoms with Crippen LogP contribution in [0.15, 0.2) is 77.7 Å². The number of primary sulfonamides is 1. The van der Waals surface area contributed by atoms with Gasteiger partial charge < -0.3 is 9.29 Å². The van der Waals surface area contributed by atoms with Crippen molar-refractivity contribution in [3.63, 3.8) is 0 Å². The van der Waals surface area contributed by atoms with Gasteiger partial charge >= 0.3 is 6.36 Å². The number of anilines is 2. The molecule has 3 rings (SSSR count). The standard InChI is InChI=1S/C19H15F3N2O5S2/c20-19(21,22)29-16-8-4-6-14(12-16)13-5-3-7-15(11-13)24(30(25)26)17-9-1-2-10-18(17)31(23,27)28/h1-12H,(H,25,26)(H2,23,27,28)/p-1. The Morgan fingerprint density at radius 3 is 2.16 bits per heavy atom. The van der Waals surface area contributed by atoms with Crippen molar-refractivity contribution in [2.24, 2.45) is 5.14 Å². The lowest BCUT2D eigenvalue weighted by atomic mass is 10.0. The van der Waals surface area contributed by atoms with E-state index >= 15 is 0 Å². The summed E-state index contributed by atoms with van der Waals surface area (Å²) in [6, 6.07) is 16.2. The summed E-state index contributed by atoms with van der Waals surface area (Å²) in [6.45, 7) is 0. The van der Waals surface area contributed by atoms with Crippen LogP contribution in [0.2, 0.25) is 0 Å². The van der Waals surface area contributed by atoms with Crippen LogP contribution < -0.4 is 14.2 Å². The van der Waals surface area contributed by atoms with Gasteiger partial charge in [0.15, 0.2) is 0 Å². The number of benzene rings is 3. The predicted molar refractivity (Wildman–Crippen MR) is 107 cm³/mol. The Bertz CT molecular complexity index is 1230. The van der Waals surface area contributed by atoms with Crippen LogP contribution in [0, 0.1) is 0 Å². The largest absolute Gasteiger partial charge is 0.755 e. The van der Waals surface area contributed by atoms with Crippen LogP contribution in [0.1, 0.15) is 0 Å². The third kappa shape index (κ3) is 5.61. The number of nitrogens with two attached hydrogens (primary N) is 1. The minimum atomic E-state index is -4.87. The Labute approximate surface area is 178 Å². The first-order chi connectivity index (χ1) is 14.5. The molecule has 0 bridgehead atoms. The molecule has 0 aliphatic carbocycles. The highest BCUT2D eigenvalue weighted by Gasteiger charge is 2.31. The predicted octanol–water partition coefficient (Wildman–Crippen LogP) is 3.83. The highest BCUT2D eigenvalue weighted by atomic mass is 32.2. The van der Waals surface area contributed by atoms with Crippen LogP contribution in [0.3, 0.4) is 0 Å². The molecule has 3 aromatic rings. The van der Waals surface area contributed by atoms with Gasteiger partial charge in [0.1, 0.15) is 10.6 Å². The van der Waals surface area contributed by atoms with Gasteiger partial charge in [-0.1, -0.05) is 36.4 Å². The van der Waals surface area contributed by atoms with Crippen LogP contribution >= 0.6 is 0 Å². The zero-order chi connectivity index (χ0) is 22.8. The first kappa shape index (κ1) is 22.7. The minimum absolute atomic E-state index is 0.0454. The Hall–Kier alpha value is -2.93. The number of hydrogen-bond acceptors (Lipinski definition) is 5. The average molecular weight is 471 g/mol. The summed E-state index contributed by atoms with van der Waals surface area (Å²) in [4.78, 5) is -0.412. The summed E-state index contributed by atoms with van der Waals surface area (Å²) in [6.07, 6.45) is -4.87. The molecule has 1 unspecified atom stereocenters. The number of para-hydroxylation sites is 1. The molecule has 7 nitrogen and oxygen atoms in total. The van der Waals surface area contributed by atoms with Gasteiger partial charge in [-0.3, -0.25) is 8.51 Å². The van der Waals surface area contributed by atoms with E-state index in [2.05, 4.69) is 4.74 Å². The van der Waals surface area contributed by atoms with Crippen molar-refractivity contribution in [2.75, 3.05) is 4.31 Å². The molecule has 0 aliphatic rings. The first-order valence-corrected chi connectivity index (χ1v) is 11.0. The van der Waals surface area contributed by atoms with Gasteiger partial charge in [-0.2, -0.15) is 0 Å². The van der Waals surface area contributed by atoms with Crippen molar-refractivity contribution in [1.29, 1.82) is 0 Å². The maximum absolute atomic E-state index is 12.5. The molecule has 0 aromatic heterocycles. The Kier molecular flexibility index (Phi) is 6.36. The topological polar surface area (TPSA) is 113 Å². The second-order valence-corrected chi connectivity index (χ2v) is 8.48. The minimum Gasteiger partial charge on any atom is -0.755 e. The summed E-state index contributed by atoms with van der Waals surface area (Å²) in [5, 5.41) is 5.20. The third-order valence-electron chi connectivity index (χ3n) is 4.02. The van der Waals surface area contributed by atoms with Crippen molar-refractivity contribution < 1.29 is 35.1 Å². The number of ether oxygens (including phenoxy) is 1. The average Bonchev–Trinajstić information content (AvgIpc) is 2.67. The molecule has 12 heteroatoms. The first-order valence-electron chi connectivity index (χ1n) is 8.43. The third-order valence-corrected chi connectivity index (χ3v) is 5.69. The summed E-state index contributed by atoms with van der Waals surface area (Å²) >= 11 is -2.94. The number of alkyl halides is 3. The zero-order valence-corrected chi connectivity index (χ0v) is 17.1. The number of rotatable bonds is 6. The molecule has 0 saturated heterocycles. The van der Waals surface area contributed by atoms with E-state index in [0.717, 1.165) is 22.5 Å². The fourth-order valence-corrected chi connectivity index (χ4v) is 4.24. The second-order valence-electron chi connectivity index (χ2n) is 6.15. The second kappa shape index (κ2) is 8.67. The molecule has 0 fully saturated rings. The van der Waals surface area contributed by atoms with Crippen molar-refractivity contribution >= 4 is 32.7 Å². The highest BCUT2D eigenvalue weighted by molar-refractivity contribution is 7.89. The monoisotopic (exact) mass is 471 g/mol. The Morgan fingerprint density at radius 1 is 0.935 bits per heavy atom. The number of nitrogens with zero attached hydrogens (tertiary/aromatic N) is 1. The van der Waals surface area contributed by atoms with Crippen molar-refractivity contribution in [2.45, 2.75) is 11.3 Å². The van der Waals surface area contributed by atoms with E-state index < -0.39 is 38.3 Å². The summed E-state index contributed by atoms with van der Waals surface area (Å²) in [5.41, 5.74) is 0.530. The molecular formula is C19H14F3N2O5S2-. The number of sulfonamides is 1. The number of hydrogen-bond donors (Lipinski definition) is 1. The lowest BCUT2D eigenvalue weighted by Crippen LogP contribution is -2.23. The van der Waals surface area contributed by atoms with E-state index in [4.69, 9.17) is 5.14 Å². The summed E-state index contributed by atoms with van der Waals surface area (Å²) < 4.78 is 89.9. The van der Waals surface area contributed by atoms with Crippen molar-refractivity contribution in [3.05, 3.63) is 72.8 Å². The maximum Gasteiger partial charge on any atom is 0.573 e. The van der Waals surface area contributed by atoms with Gasteiger partial charge in [0.2, 0.25) is 10.0 Å². The SMILES string of the molecule is NS(=O)(=O)c1ccccc1N(c1cccc(-c2cccc(OC(F)(F)F)c2)c1)S(=O)[O-]. The molecule has 3 aromatic carbocycles. The normalized spacial score (nSPS) is 12.9. The molecular weight excluding hydrogens is 457 g/mol. The lowest BCUT2D eigenvalue weighted by Gasteiger charge is -2.28. The molecule has 1 atom stereocenters. The summed E-state index contributed by atoms with van der Waals surface area (Å²) in [7, 11) is -4.24. The Morgan fingerprint density at radius 2 is 1.55 bits per heavy atom. The van der Waals surface area contributed by atoms with E-state index in [0.29, 0.717) is 11.1 Å². The van der Waals surface area contributed by atoms with Gasteiger partial charge in [0.05, 0.1) is 22.6 Å². The van der Waals surface area contributed by atoms with Gasteiger partial charge in [-0.15, -0.1) is 13.2 Å². The molecule has 0 heterocycles. The van der Waals surface area contributed by atoms with Crippen LogP contribution in [-0.4, -0.2) is 23.5 Å². The van der Waals surface area contributed by atoms with Crippen LogP contribution in [0.25, 0.3) is 11.1 Å². The molecule has 0 amide bonds. The van der Waals surface area contributed by atoms with Gasteiger partial charge in [0.25, 0.3) is 0 Å². The maximum atomic E-state index is 12.5. The van der Waals surface area contributed by atoms with Crippen molar-refractivity contribution in [1.82, 2.24) is 0 Å². The molecule has 0 spiro atoms. The molecule has 164 valence electrons. The van der Waals surface area contributed by atoms with E-state index in [-0.39, 0.29) is 11.4 Å². The fraction of sp³-hybridized carbons (Fsp3) is 0.0526. The van der Waals surface area contributed by atoms with E-state index in [1.807, 2.05) is 0 Å². The van der Waals surface area contributed by atoms with Crippen LogP contribution in [0.4, 0.5) is 24.5 Å². The van der Waals surface area contributed by atoms with E-state index in [1.165, 1.54) is 48.5 Å². The molecule has 31 heavy (non-hydrogen) atoms. The molecule has 2 N–H and O–H groups in total. The quantitative estimate of drug-likeness (QED) is 0.549. The van der Waals surface area contributed by atoms with Crippen molar-refractivity contribution in [3.8, 4) is 16.9 Å². The van der Waals surface area contributed by atoms with Crippen LogP contribution in [0.5, 0.6) is 5.75 Å². The van der Waals surface area contributed by atoms with Gasteiger partial charge in [-0.25, -0.2) is 13.6 Å². The summed E-state index contributed by atoms with van der Waals surface area (Å²) in [5.74, 6) is -0.445. The Balaban J connectivity index is 2.08. The molecule has 0 saturated carbocycles. The smallest absolute Gasteiger partial charge is 0.573 e. The highest BCUT2D eigenvalue weighted by Crippen LogP contribution is 2.35. The zero-order valence-electron chi connectivity index (χ0n) is 15.4. The van der Waals surface area contributed by atoms with E-state index in [1.54, 1.807) is 6.07 Å². The van der Waals surface area contributed by atoms with Gasteiger partial charge in [0, 0.05) is 0 Å². The molecule has 0 aliphatic heterocycles. The fourth-order valence-electron chi connectivity index (χ4n) is 2.86. The van der Waals surface area contributed by atoms with Crippen LogP contribution in [-0.2, 0) is 21.3 Å². The number of halogens is 3.